The van der Waals surface area contributed by atoms with Gasteiger partial charge in [-0.25, -0.2) is 0 Å². The number of hydrogen-bond acceptors (Lipinski definition) is 3. The van der Waals surface area contributed by atoms with Gasteiger partial charge in [0.05, 0.1) is 5.56 Å². The molecule has 1 unspecified atom stereocenters. The fourth-order valence-corrected chi connectivity index (χ4v) is 1.35. The minimum absolute atomic E-state index is 0.0704. The highest BCUT2D eigenvalue weighted by atomic mass is 32.1. The molecule has 1 amide bonds. The van der Waals surface area contributed by atoms with Gasteiger partial charge in [-0.05, 0) is 18.1 Å². The average molecular weight is 225 g/mol. The van der Waals surface area contributed by atoms with Crippen molar-refractivity contribution in [2.75, 3.05) is 13.2 Å². The van der Waals surface area contributed by atoms with Crippen LogP contribution in [0.3, 0.4) is 0 Å². The zero-order valence-electron chi connectivity index (χ0n) is 8.60. The minimum Gasteiger partial charge on any atom is -0.396 e. The molecule has 0 aliphatic carbocycles. The van der Waals surface area contributed by atoms with E-state index < -0.39 is 0 Å². The van der Waals surface area contributed by atoms with Gasteiger partial charge in [-0.2, -0.15) is 0 Å². The Bertz CT molecular complexity index is 341. The van der Waals surface area contributed by atoms with Crippen LogP contribution in [0.4, 0.5) is 0 Å². The van der Waals surface area contributed by atoms with Crippen molar-refractivity contribution in [1.29, 1.82) is 0 Å². The molecule has 2 N–H and O–H groups in total. The van der Waals surface area contributed by atoms with Gasteiger partial charge in [0.1, 0.15) is 0 Å². The molecule has 0 aliphatic heterocycles. The first-order chi connectivity index (χ1) is 7.15. The van der Waals surface area contributed by atoms with Gasteiger partial charge in [0.15, 0.2) is 0 Å². The molecule has 82 valence electrons. The Hall–Kier alpha value is -1.00. The molecule has 1 atom stereocenters. The standard InChI is InChI=1S/C11H15NO2S/c1-8(7-13)6-12-11(14)9-4-2-3-5-10(9)15/h2-5,8,13,15H,6-7H2,1H3,(H,12,14). The van der Waals surface area contributed by atoms with Crippen LogP contribution in [0.1, 0.15) is 17.3 Å². The zero-order chi connectivity index (χ0) is 11.3. The summed E-state index contributed by atoms with van der Waals surface area (Å²) in [5.41, 5.74) is 0.561. The molecule has 0 aliphatic rings. The van der Waals surface area contributed by atoms with Crippen LogP contribution in [0.2, 0.25) is 0 Å². The molecule has 0 heterocycles. The summed E-state index contributed by atoms with van der Waals surface area (Å²) in [4.78, 5) is 12.3. The highest BCUT2D eigenvalue weighted by molar-refractivity contribution is 7.80. The van der Waals surface area contributed by atoms with Crippen LogP contribution in [0.15, 0.2) is 29.2 Å². The van der Waals surface area contributed by atoms with Crippen molar-refractivity contribution in [3.63, 3.8) is 0 Å². The van der Waals surface area contributed by atoms with Gasteiger partial charge < -0.3 is 10.4 Å². The number of hydrogen-bond donors (Lipinski definition) is 3. The van der Waals surface area contributed by atoms with Gasteiger partial charge in [-0.3, -0.25) is 4.79 Å². The van der Waals surface area contributed by atoms with Gasteiger partial charge in [-0.1, -0.05) is 19.1 Å². The van der Waals surface area contributed by atoms with Crippen LogP contribution in [-0.4, -0.2) is 24.2 Å². The van der Waals surface area contributed by atoms with E-state index in [1.165, 1.54) is 0 Å². The van der Waals surface area contributed by atoms with Gasteiger partial charge >= 0.3 is 0 Å². The molecule has 0 spiro atoms. The molecule has 4 heteroatoms. The molecular weight excluding hydrogens is 210 g/mol. The third kappa shape index (κ3) is 3.57. The summed E-state index contributed by atoms with van der Waals surface area (Å²) in [6, 6.07) is 7.12. The summed E-state index contributed by atoms with van der Waals surface area (Å²) in [7, 11) is 0. The summed E-state index contributed by atoms with van der Waals surface area (Å²) in [6.45, 7) is 2.41. The molecule has 0 aromatic heterocycles. The lowest BCUT2D eigenvalue weighted by molar-refractivity contribution is 0.0939. The fraction of sp³-hybridized carbons (Fsp3) is 0.364. The van der Waals surface area contributed by atoms with Crippen LogP contribution < -0.4 is 5.32 Å². The number of aliphatic hydroxyl groups excluding tert-OH is 1. The van der Waals surface area contributed by atoms with Crippen LogP contribution in [0.5, 0.6) is 0 Å². The number of amides is 1. The first-order valence-corrected chi connectivity index (χ1v) is 5.27. The molecule has 3 nitrogen and oxygen atoms in total. The van der Waals surface area contributed by atoms with Gasteiger partial charge in [0.2, 0.25) is 0 Å². The Labute approximate surface area is 94.9 Å². The van der Waals surface area contributed by atoms with Crippen LogP contribution in [-0.2, 0) is 0 Å². The second-order valence-electron chi connectivity index (χ2n) is 3.51. The van der Waals surface area contributed by atoms with Gasteiger partial charge in [0.25, 0.3) is 5.91 Å². The Kier molecular flexibility index (Phi) is 4.65. The first kappa shape index (κ1) is 12.1. The average Bonchev–Trinajstić information content (AvgIpc) is 2.26. The lowest BCUT2D eigenvalue weighted by atomic mass is 10.1. The van der Waals surface area contributed by atoms with E-state index in [1.54, 1.807) is 18.2 Å². The fourth-order valence-electron chi connectivity index (χ4n) is 1.09. The molecule has 0 fully saturated rings. The number of carbonyl (C=O) groups excluding carboxylic acids is 1. The summed E-state index contributed by atoms with van der Waals surface area (Å²) < 4.78 is 0. The molecule has 15 heavy (non-hydrogen) atoms. The van der Waals surface area contributed by atoms with E-state index in [1.807, 2.05) is 13.0 Å². The minimum atomic E-state index is -0.152. The van der Waals surface area contributed by atoms with E-state index in [4.69, 9.17) is 5.11 Å². The van der Waals surface area contributed by atoms with E-state index in [0.717, 1.165) is 0 Å². The smallest absolute Gasteiger partial charge is 0.252 e. The topological polar surface area (TPSA) is 49.3 Å². The second-order valence-corrected chi connectivity index (χ2v) is 4.00. The summed E-state index contributed by atoms with van der Waals surface area (Å²) in [5, 5.41) is 11.5. The largest absolute Gasteiger partial charge is 0.396 e. The number of nitrogens with one attached hydrogen (secondary N) is 1. The number of benzene rings is 1. The third-order valence-electron chi connectivity index (χ3n) is 2.07. The van der Waals surface area contributed by atoms with Crippen molar-refractivity contribution in [3.8, 4) is 0 Å². The van der Waals surface area contributed by atoms with E-state index in [2.05, 4.69) is 17.9 Å². The quantitative estimate of drug-likeness (QED) is 0.677. The molecule has 1 aromatic rings. The van der Waals surface area contributed by atoms with Crippen molar-refractivity contribution in [3.05, 3.63) is 29.8 Å². The lowest BCUT2D eigenvalue weighted by Gasteiger charge is -2.10. The maximum Gasteiger partial charge on any atom is 0.252 e. The highest BCUT2D eigenvalue weighted by Gasteiger charge is 2.09. The summed E-state index contributed by atoms with van der Waals surface area (Å²) in [6.07, 6.45) is 0. The number of thiol groups is 1. The molecule has 1 rings (SSSR count). The Morgan fingerprint density at radius 3 is 2.80 bits per heavy atom. The number of carbonyl (C=O) groups is 1. The normalized spacial score (nSPS) is 12.2. The molecule has 0 saturated carbocycles. The lowest BCUT2D eigenvalue weighted by Crippen LogP contribution is -2.29. The van der Waals surface area contributed by atoms with Crippen molar-refractivity contribution >= 4 is 18.5 Å². The molecular formula is C11H15NO2S. The van der Waals surface area contributed by atoms with Crippen LogP contribution >= 0.6 is 12.6 Å². The van der Waals surface area contributed by atoms with Crippen LogP contribution in [0, 0.1) is 5.92 Å². The van der Waals surface area contributed by atoms with E-state index in [-0.39, 0.29) is 18.4 Å². The first-order valence-electron chi connectivity index (χ1n) is 4.82. The van der Waals surface area contributed by atoms with Crippen molar-refractivity contribution in [2.24, 2.45) is 5.92 Å². The maximum absolute atomic E-state index is 11.6. The maximum atomic E-state index is 11.6. The molecule has 1 aromatic carbocycles. The predicted molar refractivity (Wildman–Crippen MR) is 62.3 cm³/mol. The second kappa shape index (κ2) is 5.78. The monoisotopic (exact) mass is 225 g/mol. The van der Waals surface area contributed by atoms with Crippen LogP contribution in [0.25, 0.3) is 0 Å². The highest BCUT2D eigenvalue weighted by Crippen LogP contribution is 2.12. The summed E-state index contributed by atoms with van der Waals surface area (Å²) >= 11 is 4.19. The Morgan fingerprint density at radius 2 is 2.20 bits per heavy atom. The SMILES string of the molecule is CC(CO)CNC(=O)c1ccccc1S. The van der Waals surface area contributed by atoms with Crippen molar-refractivity contribution in [1.82, 2.24) is 5.32 Å². The number of rotatable bonds is 4. The predicted octanol–water partition coefficient (Wildman–Crippen LogP) is 1.33. The molecule has 0 bridgehead atoms. The molecule has 0 radical (unpaired) electrons. The number of aliphatic hydroxyl groups is 1. The third-order valence-corrected chi connectivity index (χ3v) is 2.46. The zero-order valence-corrected chi connectivity index (χ0v) is 9.50. The van der Waals surface area contributed by atoms with Gasteiger partial charge in [-0.15, -0.1) is 12.6 Å². The van der Waals surface area contributed by atoms with Crippen molar-refractivity contribution < 1.29 is 9.90 Å². The Balaban J connectivity index is 2.58. The van der Waals surface area contributed by atoms with E-state index in [0.29, 0.717) is 17.0 Å². The van der Waals surface area contributed by atoms with Crippen molar-refractivity contribution in [2.45, 2.75) is 11.8 Å². The van der Waals surface area contributed by atoms with E-state index in [9.17, 15) is 4.79 Å². The summed E-state index contributed by atoms with van der Waals surface area (Å²) in [5.74, 6) is -0.0815. The molecule has 0 saturated heterocycles. The van der Waals surface area contributed by atoms with E-state index >= 15 is 0 Å². The van der Waals surface area contributed by atoms with Gasteiger partial charge in [0, 0.05) is 18.0 Å². The Morgan fingerprint density at radius 1 is 1.53 bits per heavy atom.